The van der Waals surface area contributed by atoms with E-state index in [1.54, 1.807) is 53.9 Å². The smallest absolute Gasteiger partial charge is 0.326 e. The predicted octanol–water partition coefficient (Wildman–Crippen LogP) is 30.8. The molecule has 5 aliphatic rings. The Hall–Kier alpha value is -12.1. The molecule has 0 saturated heterocycles. The molecule has 1 saturated carbocycles. The first kappa shape index (κ1) is 58.7. The van der Waals surface area contributed by atoms with Crippen LogP contribution in [0.4, 0.5) is 0 Å². The number of ether oxygens (including phenoxy) is 4. The molecule has 6 nitrogen and oxygen atoms in total. The Bertz CT molecular complexity index is 9270. The van der Waals surface area contributed by atoms with Crippen LogP contribution >= 0.6 is 0 Å². The molecule has 33 aromatic carbocycles. The van der Waals surface area contributed by atoms with Crippen molar-refractivity contribution in [3.8, 4) is 11.5 Å². The van der Waals surface area contributed by atoms with E-state index in [-0.39, 0.29) is 13.2 Å². The van der Waals surface area contributed by atoms with Gasteiger partial charge in [-0.3, -0.25) is 9.59 Å². The zero-order valence-corrected chi connectivity index (χ0v) is 66.0. The van der Waals surface area contributed by atoms with Gasteiger partial charge in [0.05, 0.1) is 24.0 Å². The zero-order valence-electron chi connectivity index (χ0n) is 66.0. The lowest BCUT2D eigenvalue weighted by atomic mass is 9.68. The maximum atomic E-state index is 18.8. The summed E-state index contributed by atoms with van der Waals surface area (Å²) in [5.41, 5.74) is 2.14. The van der Waals surface area contributed by atoms with Crippen molar-refractivity contribution in [1.82, 2.24) is 0 Å². The van der Waals surface area contributed by atoms with Crippen LogP contribution in [0.5, 0.6) is 11.5 Å². The molecule has 2 spiro atoms. The molecule has 33 aromatic rings. The molecule has 6 heteroatoms. The molecule has 0 atom stereocenters. The SMILES string of the molecule is CCCCCCCCCCCCOc1cc(COC(=O)C2(C(=O)OCc3ccc4cc5cc6ccccc6cc5cc4c3)C34c5c6c7c8c9c%10c(c%11c%12c3c3c5c5c%13c6c6c7c7c9c9c%14c%10c%10c%11c%11c%12c%12c3c3c5c5c%13c%13c6c6c7c9c7c9c%14c%10c%10c%11c%11c%12c3c3c5c5c%13c6c7c6c9c%10c%11c3c56)C824)cc(OCCCCCCCCCCCC)c1. The van der Waals surface area contributed by atoms with E-state index in [0.717, 1.165) is 59.1 Å². The Morgan fingerprint density at radius 1 is 0.227 bits per heavy atom. The van der Waals surface area contributed by atoms with Crippen LogP contribution in [-0.4, -0.2) is 25.2 Å². The highest BCUT2D eigenvalue weighted by atomic mass is 16.6. The highest BCUT2D eigenvalue weighted by molar-refractivity contribution is 6.82. The molecule has 0 unspecified atom stereocenters. The molecule has 0 amide bonds. The number of benzene rings is 23. The lowest BCUT2D eigenvalue weighted by Crippen LogP contribution is -2.38. The Labute approximate surface area is 673 Å². The Balaban J connectivity index is 0.613. The standard InChI is InChI=1S/C113H68O6/c1-3-5-7-9-11-13-15-17-19-23-29-116-49-32-42(33-50(38-49)117-30-24-20-18-16-14-12-10-8-6-4-2)40-119-110(115)113(109(114)118-39-41-27-28-45-36-47-34-43-25-21-22-26-44(43)35-48(47)37-46(45)31-41)111-105-97-89-79-69-61-53-51-52-55-59-57(53)65-73-67(59)77-71-63(55)64-56(52)60-58-54(51)62(61)70-76-66(58)74-68(60)78-72(64)82-81(71)91-85(77)95-87(73)93(83(89)75(65)69)101(105)103(95)107-99(91)100-92(82)86(78)96-88(74)94-84(76)90(80(70)79)98(97)106(111)102(94)104(96)108(100)112(107,111)113/h21-22,25-28,31-38H,3-20,23-24,29-30,39-40H2,1-2H3. The maximum Gasteiger partial charge on any atom is 0.326 e. The molecular weight excluding hydrogens is 1450 g/mol. The molecule has 38 rings (SSSR count). The summed E-state index contributed by atoms with van der Waals surface area (Å²) in [5, 5.41) is 85.8. The monoisotopic (exact) mass is 1520 g/mol. The van der Waals surface area contributed by atoms with Crippen LogP contribution in [0, 0.1) is 5.41 Å². The molecule has 0 radical (unpaired) electrons. The molecule has 5 aliphatic carbocycles. The minimum atomic E-state index is -1.95. The summed E-state index contributed by atoms with van der Waals surface area (Å²) in [5.74, 6) is 0.525. The summed E-state index contributed by atoms with van der Waals surface area (Å²) in [4.78, 5) is 37.5. The molecule has 556 valence electrons. The quantitative estimate of drug-likeness (QED) is 0.0147. The van der Waals surface area contributed by atoms with E-state index in [2.05, 4.69) is 98.8 Å². The van der Waals surface area contributed by atoms with Gasteiger partial charge in [-0.2, -0.15) is 0 Å². The van der Waals surface area contributed by atoms with Gasteiger partial charge < -0.3 is 18.9 Å². The number of hydrogen-bond acceptors (Lipinski definition) is 6. The number of rotatable bonds is 30. The van der Waals surface area contributed by atoms with Gasteiger partial charge in [0, 0.05) is 6.07 Å². The topological polar surface area (TPSA) is 71.1 Å². The summed E-state index contributed by atoms with van der Waals surface area (Å²) < 4.78 is 29.1. The normalized spacial score (nSPS) is 19.1. The van der Waals surface area contributed by atoms with Crippen molar-refractivity contribution in [3.05, 3.63) is 118 Å². The fourth-order valence-corrected chi connectivity index (χ4v) is 33.0. The Morgan fingerprint density at radius 2 is 0.454 bits per heavy atom. The first-order valence-electron chi connectivity index (χ1n) is 45.9. The van der Waals surface area contributed by atoms with Gasteiger partial charge >= 0.3 is 11.9 Å². The van der Waals surface area contributed by atoms with E-state index >= 15 is 9.59 Å². The highest BCUT2D eigenvalue weighted by Gasteiger charge is 3.01. The number of carbonyl (C=O) groups is 2. The van der Waals surface area contributed by atoms with Crippen LogP contribution in [0.2, 0.25) is 0 Å². The highest BCUT2D eigenvalue weighted by Crippen LogP contribution is 2.97. The van der Waals surface area contributed by atoms with Gasteiger partial charge in [-0.25, -0.2) is 0 Å². The van der Waals surface area contributed by atoms with E-state index in [1.165, 1.54) is 384 Å². The lowest BCUT2D eigenvalue weighted by Gasteiger charge is -2.32. The number of carbonyl (C=O) groups excluding carboxylic acids is 2. The summed E-state index contributed by atoms with van der Waals surface area (Å²) >= 11 is 0. The second-order valence-electron chi connectivity index (χ2n) is 40.1. The lowest BCUT2D eigenvalue weighted by molar-refractivity contribution is -0.168. The van der Waals surface area contributed by atoms with Crippen LogP contribution in [-0.2, 0) is 43.1 Å². The van der Waals surface area contributed by atoms with Crippen molar-refractivity contribution in [2.45, 2.75) is 166 Å². The van der Waals surface area contributed by atoms with E-state index < -0.39 is 28.2 Å². The van der Waals surface area contributed by atoms with Crippen molar-refractivity contribution in [3.63, 3.8) is 0 Å². The third-order valence-corrected chi connectivity index (χ3v) is 35.9. The average molecular weight is 1520 g/mol. The molecule has 0 aliphatic heterocycles. The third-order valence-electron chi connectivity index (χ3n) is 35.9. The summed E-state index contributed by atoms with van der Waals surface area (Å²) in [6, 6.07) is 30.8. The number of esters is 2. The maximum absolute atomic E-state index is 18.8. The van der Waals surface area contributed by atoms with Gasteiger partial charge in [-0.15, -0.1) is 0 Å². The van der Waals surface area contributed by atoms with Gasteiger partial charge in [-0.1, -0.05) is 166 Å². The van der Waals surface area contributed by atoms with Crippen LogP contribution in [0.3, 0.4) is 0 Å². The largest absolute Gasteiger partial charge is 0.493 e. The Kier molecular flexibility index (Phi) is 8.64. The van der Waals surface area contributed by atoms with Gasteiger partial charge in [0.2, 0.25) is 0 Å². The Morgan fingerprint density at radius 3 is 0.731 bits per heavy atom. The first-order chi connectivity index (χ1) is 59.0. The first-order valence-corrected chi connectivity index (χ1v) is 45.9. The van der Waals surface area contributed by atoms with Crippen LogP contribution < -0.4 is 9.47 Å². The van der Waals surface area contributed by atoms with Gasteiger partial charge in [-0.05, 0) is 412 Å². The molecule has 1 fully saturated rings. The van der Waals surface area contributed by atoms with Crippen molar-refractivity contribution in [2.75, 3.05) is 13.2 Å². The van der Waals surface area contributed by atoms with Crippen molar-refractivity contribution in [2.24, 2.45) is 5.41 Å². The van der Waals surface area contributed by atoms with Gasteiger partial charge in [0.1, 0.15) is 24.7 Å². The fourth-order valence-electron chi connectivity index (χ4n) is 33.0. The molecule has 0 aromatic heterocycles. The van der Waals surface area contributed by atoms with Crippen molar-refractivity contribution < 1.29 is 28.5 Å². The molecule has 119 heavy (non-hydrogen) atoms. The summed E-state index contributed by atoms with van der Waals surface area (Å²) in [7, 11) is 0. The van der Waals surface area contributed by atoms with E-state index in [9.17, 15) is 0 Å². The number of fused-ring (bicyclic) bond motifs is 3. The van der Waals surface area contributed by atoms with Crippen molar-refractivity contribution >= 4 is 335 Å². The van der Waals surface area contributed by atoms with Gasteiger partial charge in [0.25, 0.3) is 0 Å². The van der Waals surface area contributed by atoms with Crippen LogP contribution in [0.25, 0.3) is 323 Å². The number of hydrogen-bond donors (Lipinski definition) is 0. The van der Waals surface area contributed by atoms with E-state index in [1.807, 2.05) is 0 Å². The average Bonchev–Trinajstić information content (AvgIpc) is 1.35. The number of unbranched alkanes of at least 4 members (excludes halogenated alkanes) is 18. The van der Waals surface area contributed by atoms with Crippen LogP contribution in [0.15, 0.2) is 84.9 Å². The summed E-state index contributed by atoms with van der Waals surface area (Å²) in [6.45, 7) is 5.69. The minimum absolute atomic E-state index is 0.0111. The zero-order chi connectivity index (χ0) is 75.6. The van der Waals surface area contributed by atoms with Crippen LogP contribution in [0.1, 0.15) is 176 Å². The third kappa shape index (κ3) is 4.94. The molecular formula is C113H68O6. The second-order valence-corrected chi connectivity index (χ2v) is 40.1. The van der Waals surface area contributed by atoms with E-state index in [0.29, 0.717) is 13.2 Å². The predicted molar refractivity (Wildman–Crippen MR) is 496 cm³/mol. The summed E-state index contributed by atoms with van der Waals surface area (Å²) in [6.07, 6.45) is 25.0. The molecule has 0 bridgehead atoms. The second kappa shape index (κ2) is 17.5. The molecule has 0 heterocycles. The minimum Gasteiger partial charge on any atom is -0.493 e. The van der Waals surface area contributed by atoms with Crippen molar-refractivity contribution in [1.29, 1.82) is 0 Å². The fraction of sp³-hybridized carbons (Fsp3) is 0.257. The van der Waals surface area contributed by atoms with Gasteiger partial charge in [0.15, 0.2) is 5.41 Å². The molecule has 0 N–H and O–H groups in total. The van der Waals surface area contributed by atoms with E-state index in [4.69, 9.17) is 18.9 Å².